The Kier molecular flexibility index (Phi) is 4.78. The second kappa shape index (κ2) is 7.09. The van der Waals surface area contributed by atoms with Crippen molar-refractivity contribution in [3.05, 3.63) is 77.1 Å². The van der Waals surface area contributed by atoms with Crippen molar-refractivity contribution in [3.63, 3.8) is 0 Å². The third-order valence-electron chi connectivity index (χ3n) is 5.20. The van der Waals surface area contributed by atoms with Crippen LogP contribution in [0, 0.1) is 5.82 Å². The molecule has 0 aromatic heterocycles. The van der Waals surface area contributed by atoms with Crippen molar-refractivity contribution in [3.8, 4) is 0 Å². The average Bonchev–Trinajstić information content (AvgIpc) is 2.62. The zero-order chi connectivity index (χ0) is 19.0. The summed E-state index contributed by atoms with van der Waals surface area (Å²) in [5, 5.41) is 0. The zero-order valence-electron chi connectivity index (χ0n) is 14.5. The monoisotopic (exact) mass is 377 g/mol. The van der Waals surface area contributed by atoms with Crippen LogP contribution >= 0.6 is 0 Å². The Labute approximate surface area is 155 Å². The SMILES string of the molecule is Fc1c(C2=CC3COCC(C2)N3Cc2ccccc2)cccc1C(F)(F)F. The fraction of sp³-hybridized carbons (Fsp3) is 0.333. The maximum Gasteiger partial charge on any atom is 0.419 e. The molecule has 0 N–H and O–H groups in total. The van der Waals surface area contributed by atoms with Gasteiger partial charge in [0.15, 0.2) is 0 Å². The van der Waals surface area contributed by atoms with E-state index < -0.39 is 17.6 Å². The minimum absolute atomic E-state index is 0.0119. The third-order valence-corrected chi connectivity index (χ3v) is 5.20. The Hall–Kier alpha value is -2.18. The van der Waals surface area contributed by atoms with E-state index >= 15 is 0 Å². The molecular weight excluding hydrogens is 358 g/mol. The predicted octanol–water partition coefficient (Wildman–Crippen LogP) is 4.90. The van der Waals surface area contributed by atoms with E-state index in [0.29, 0.717) is 25.2 Å². The number of fused-ring (bicyclic) bond motifs is 2. The third kappa shape index (κ3) is 3.64. The number of rotatable bonds is 3. The molecule has 2 heterocycles. The van der Waals surface area contributed by atoms with Gasteiger partial charge < -0.3 is 4.74 Å². The molecule has 0 saturated carbocycles. The lowest BCUT2D eigenvalue weighted by Gasteiger charge is -2.45. The van der Waals surface area contributed by atoms with Crippen LogP contribution in [0.1, 0.15) is 23.1 Å². The molecule has 2 aromatic rings. The van der Waals surface area contributed by atoms with Crippen molar-refractivity contribution >= 4 is 5.57 Å². The zero-order valence-corrected chi connectivity index (χ0v) is 14.5. The van der Waals surface area contributed by atoms with Crippen molar-refractivity contribution in [2.24, 2.45) is 0 Å². The van der Waals surface area contributed by atoms with Crippen molar-refractivity contribution in [1.29, 1.82) is 0 Å². The normalized spacial score (nSPS) is 23.2. The molecule has 1 saturated heterocycles. The summed E-state index contributed by atoms with van der Waals surface area (Å²) in [5.41, 5.74) is 0.618. The number of ether oxygens (including phenoxy) is 1. The van der Waals surface area contributed by atoms with Gasteiger partial charge in [-0.25, -0.2) is 4.39 Å². The van der Waals surface area contributed by atoms with Gasteiger partial charge in [-0.3, -0.25) is 4.90 Å². The highest BCUT2D eigenvalue weighted by Gasteiger charge is 2.38. The highest BCUT2D eigenvalue weighted by Crippen LogP contribution is 2.38. The molecule has 6 heteroatoms. The molecule has 0 spiro atoms. The largest absolute Gasteiger partial charge is 0.419 e. The smallest absolute Gasteiger partial charge is 0.378 e. The van der Waals surface area contributed by atoms with Crippen molar-refractivity contribution in [2.75, 3.05) is 13.2 Å². The summed E-state index contributed by atoms with van der Waals surface area (Å²) >= 11 is 0. The summed E-state index contributed by atoms with van der Waals surface area (Å²) in [5.74, 6) is -1.19. The maximum absolute atomic E-state index is 14.6. The van der Waals surface area contributed by atoms with E-state index in [9.17, 15) is 17.6 Å². The van der Waals surface area contributed by atoms with Crippen LogP contribution in [0.5, 0.6) is 0 Å². The van der Waals surface area contributed by atoms with E-state index in [0.717, 1.165) is 18.2 Å². The number of nitrogens with zero attached hydrogens (tertiary/aromatic N) is 1. The predicted molar refractivity (Wildman–Crippen MR) is 94.4 cm³/mol. The second-order valence-electron chi connectivity index (χ2n) is 6.98. The summed E-state index contributed by atoms with van der Waals surface area (Å²) in [7, 11) is 0. The molecule has 2 aliphatic rings. The molecule has 2 nitrogen and oxygen atoms in total. The van der Waals surface area contributed by atoms with Gasteiger partial charge in [-0.2, -0.15) is 13.2 Å². The number of hydrogen-bond acceptors (Lipinski definition) is 2. The Bertz CT molecular complexity index is 847. The Balaban J connectivity index is 1.65. The molecule has 27 heavy (non-hydrogen) atoms. The van der Waals surface area contributed by atoms with E-state index in [2.05, 4.69) is 4.90 Å². The van der Waals surface area contributed by atoms with Gasteiger partial charge in [-0.15, -0.1) is 0 Å². The molecule has 2 atom stereocenters. The van der Waals surface area contributed by atoms with Crippen LogP contribution in [0.15, 0.2) is 54.6 Å². The van der Waals surface area contributed by atoms with Gasteiger partial charge in [-0.1, -0.05) is 48.5 Å². The van der Waals surface area contributed by atoms with Crippen molar-refractivity contribution in [1.82, 2.24) is 4.90 Å². The van der Waals surface area contributed by atoms with Crippen LogP contribution in [0.2, 0.25) is 0 Å². The highest BCUT2D eigenvalue weighted by molar-refractivity contribution is 5.69. The minimum Gasteiger partial charge on any atom is -0.378 e. The van der Waals surface area contributed by atoms with E-state index in [1.54, 1.807) is 0 Å². The molecule has 2 aromatic carbocycles. The fourth-order valence-corrected chi connectivity index (χ4v) is 3.90. The number of halogens is 4. The molecule has 1 fully saturated rings. The number of alkyl halides is 3. The standard InChI is InChI=1S/C21H19F4NO/c22-20-18(7-4-8-19(20)21(23,24)25)15-9-16-12-27-13-17(10-15)26(16)11-14-5-2-1-3-6-14/h1-9,16-17H,10-13H2. The quantitative estimate of drug-likeness (QED) is 0.706. The Morgan fingerprint density at radius 1 is 1.00 bits per heavy atom. The molecule has 0 amide bonds. The molecular formula is C21H19F4NO. The molecule has 0 radical (unpaired) electrons. The van der Waals surface area contributed by atoms with Crippen LogP contribution in [0.4, 0.5) is 17.6 Å². The minimum atomic E-state index is -4.70. The number of morpholine rings is 1. The fourth-order valence-electron chi connectivity index (χ4n) is 3.90. The van der Waals surface area contributed by atoms with Crippen LogP contribution in [0.25, 0.3) is 5.57 Å². The first-order valence-electron chi connectivity index (χ1n) is 8.87. The van der Waals surface area contributed by atoms with E-state index in [1.165, 1.54) is 12.1 Å². The topological polar surface area (TPSA) is 12.5 Å². The molecule has 0 aliphatic carbocycles. The lowest BCUT2D eigenvalue weighted by atomic mass is 9.88. The van der Waals surface area contributed by atoms with Gasteiger partial charge >= 0.3 is 6.18 Å². The lowest BCUT2D eigenvalue weighted by Crippen LogP contribution is -2.53. The van der Waals surface area contributed by atoms with Crippen LogP contribution in [-0.2, 0) is 17.5 Å². The molecule has 2 unspecified atom stereocenters. The summed E-state index contributed by atoms with van der Waals surface area (Å²) in [6.07, 6.45) is -2.38. The summed E-state index contributed by atoms with van der Waals surface area (Å²) in [6, 6.07) is 13.4. The van der Waals surface area contributed by atoms with Crippen LogP contribution in [-0.4, -0.2) is 30.2 Å². The maximum atomic E-state index is 14.6. The Morgan fingerprint density at radius 2 is 1.78 bits per heavy atom. The van der Waals surface area contributed by atoms with Gasteiger partial charge in [0.1, 0.15) is 5.82 Å². The molecule has 2 bridgehead atoms. The first-order chi connectivity index (χ1) is 12.9. The van der Waals surface area contributed by atoms with Gasteiger partial charge in [0.2, 0.25) is 0 Å². The van der Waals surface area contributed by atoms with Crippen molar-refractivity contribution < 1.29 is 22.3 Å². The molecule has 142 valence electrons. The van der Waals surface area contributed by atoms with Crippen LogP contribution in [0.3, 0.4) is 0 Å². The van der Waals surface area contributed by atoms with E-state index in [4.69, 9.17) is 4.74 Å². The first-order valence-corrected chi connectivity index (χ1v) is 8.87. The van der Waals surface area contributed by atoms with Crippen molar-refractivity contribution in [2.45, 2.75) is 31.2 Å². The van der Waals surface area contributed by atoms with Gasteiger partial charge in [0, 0.05) is 18.2 Å². The lowest BCUT2D eigenvalue weighted by molar-refractivity contribution is -0.140. The molecule has 2 aliphatic heterocycles. The highest BCUT2D eigenvalue weighted by atomic mass is 19.4. The second-order valence-corrected chi connectivity index (χ2v) is 6.98. The summed E-state index contributed by atoms with van der Waals surface area (Å²) in [6.45, 7) is 1.67. The van der Waals surface area contributed by atoms with Gasteiger partial charge in [0.05, 0.1) is 24.8 Å². The Morgan fingerprint density at radius 3 is 2.48 bits per heavy atom. The van der Waals surface area contributed by atoms with Gasteiger partial charge in [0.25, 0.3) is 0 Å². The average molecular weight is 377 g/mol. The van der Waals surface area contributed by atoms with Crippen LogP contribution < -0.4 is 0 Å². The number of hydrogen-bond donors (Lipinski definition) is 0. The number of benzene rings is 2. The first kappa shape index (κ1) is 18.2. The van der Waals surface area contributed by atoms with Gasteiger partial charge in [-0.05, 0) is 23.6 Å². The molecule has 4 rings (SSSR count). The summed E-state index contributed by atoms with van der Waals surface area (Å²) < 4.78 is 59.3. The summed E-state index contributed by atoms with van der Waals surface area (Å²) in [4.78, 5) is 2.29. The van der Waals surface area contributed by atoms with E-state index in [1.807, 2.05) is 36.4 Å². The van der Waals surface area contributed by atoms with E-state index in [-0.39, 0.29) is 17.6 Å².